The Bertz CT molecular complexity index is 824. The van der Waals surface area contributed by atoms with Crippen LogP contribution in [0.2, 0.25) is 5.02 Å². The van der Waals surface area contributed by atoms with Gasteiger partial charge in [0.15, 0.2) is 0 Å². The third-order valence-corrected chi connectivity index (χ3v) is 5.21. The summed E-state index contributed by atoms with van der Waals surface area (Å²) in [4.78, 5) is 29.6. The lowest BCUT2D eigenvalue weighted by Crippen LogP contribution is -2.73. The van der Waals surface area contributed by atoms with E-state index in [0.717, 1.165) is 10.9 Å². The van der Waals surface area contributed by atoms with Crippen LogP contribution in [0.1, 0.15) is 13.3 Å². The van der Waals surface area contributed by atoms with Gasteiger partial charge in [0, 0.05) is 11.4 Å². The fourth-order valence-electron chi connectivity index (χ4n) is 2.63. The number of rotatable bonds is 4. The van der Waals surface area contributed by atoms with Crippen molar-refractivity contribution in [3.05, 3.63) is 59.6 Å². The molecule has 0 bridgehead atoms. The van der Waals surface area contributed by atoms with Gasteiger partial charge in [-0.3, -0.25) is 14.6 Å². The van der Waals surface area contributed by atoms with Crippen molar-refractivity contribution in [3.63, 3.8) is 0 Å². The van der Waals surface area contributed by atoms with Crippen molar-refractivity contribution in [1.29, 1.82) is 0 Å². The van der Waals surface area contributed by atoms with Crippen LogP contribution in [0.4, 0.5) is 11.4 Å². The summed E-state index contributed by atoms with van der Waals surface area (Å²) in [6.45, 7) is 2.67. The fraction of sp³-hybridized carbons (Fsp3) is 0.211. The number of thioether (sulfide) groups is 1. The molecule has 1 aliphatic rings. The Morgan fingerprint density at radius 1 is 1.19 bits per heavy atom. The third kappa shape index (κ3) is 4.26. The summed E-state index contributed by atoms with van der Waals surface area (Å²) >= 11 is 7.25. The SMILES string of the molecule is CC[NH+]=C(Nc1ccc(Cl)cc1)SC1CC(=O)N(c2ccccc2)C1=O. The van der Waals surface area contributed by atoms with Crippen LogP contribution in [0.15, 0.2) is 54.6 Å². The highest BCUT2D eigenvalue weighted by molar-refractivity contribution is 8.15. The standard InChI is InChI=1S/C19H18ClN3O2S/c1-2-21-19(22-14-10-8-13(20)9-11-14)26-16-12-17(24)23(18(16)25)15-6-4-3-5-7-15/h3-11,16H,2,12H2,1H3,(H,21,22)/p+1. The number of benzene rings is 2. The van der Waals surface area contributed by atoms with Gasteiger partial charge in [-0.1, -0.05) is 29.8 Å². The summed E-state index contributed by atoms with van der Waals surface area (Å²) in [5, 5.41) is 4.18. The molecule has 0 aliphatic carbocycles. The van der Waals surface area contributed by atoms with Crippen LogP contribution < -0.4 is 15.2 Å². The molecule has 2 N–H and O–H groups in total. The summed E-state index contributed by atoms with van der Waals surface area (Å²) in [6.07, 6.45) is 0.176. The average Bonchev–Trinajstić information content (AvgIpc) is 2.91. The van der Waals surface area contributed by atoms with Gasteiger partial charge in [-0.05, 0) is 55.1 Å². The van der Waals surface area contributed by atoms with Crippen LogP contribution in [-0.2, 0) is 9.59 Å². The van der Waals surface area contributed by atoms with Crippen molar-refractivity contribution in [3.8, 4) is 0 Å². The molecule has 5 nitrogen and oxygen atoms in total. The van der Waals surface area contributed by atoms with E-state index in [-0.39, 0.29) is 18.2 Å². The second-order valence-corrected chi connectivity index (χ2v) is 7.35. The Hall–Kier alpha value is -2.31. The number of amidine groups is 1. The van der Waals surface area contributed by atoms with Gasteiger partial charge < -0.3 is 0 Å². The topological polar surface area (TPSA) is 63.4 Å². The highest BCUT2D eigenvalue weighted by atomic mass is 35.5. The van der Waals surface area contributed by atoms with Gasteiger partial charge in [-0.25, -0.2) is 10.2 Å². The molecule has 0 saturated carbocycles. The second kappa shape index (κ2) is 8.38. The molecule has 1 aliphatic heterocycles. The Labute approximate surface area is 161 Å². The van der Waals surface area contributed by atoms with Gasteiger partial charge in [-0.15, -0.1) is 0 Å². The van der Waals surface area contributed by atoms with E-state index in [0.29, 0.717) is 17.3 Å². The first-order valence-electron chi connectivity index (χ1n) is 8.30. The van der Waals surface area contributed by atoms with Crippen LogP contribution in [0.3, 0.4) is 0 Å². The number of carbonyl (C=O) groups excluding carboxylic acids is 2. The van der Waals surface area contributed by atoms with Gasteiger partial charge >= 0.3 is 5.17 Å². The van der Waals surface area contributed by atoms with Crippen LogP contribution >= 0.6 is 23.4 Å². The minimum atomic E-state index is -0.462. The van der Waals surface area contributed by atoms with Crippen LogP contribution in [0.5, 0.6) is 0 Å². The van der Waals surface area contributed by atoms with Crippen molar-refractivity contribution in [2.45, 2.75) is 18.6 Å². The maximum Gasteiger partial charge on any atom is 0.309 e. The molecular formula is C19H19ClN3O2S+. The van der Waals surface area contributed by atoms with E-state index in [1.165, 1.54) is 16.7 Å². The highest BCUT2D eigenvalue weighted by Crippen LogP contribution is 2.29. The Morgan fingerprint density at radius 3 is 2.54 bits per heavy atom. The third-order valence-electron chi connectivity index (χ3n) is 3.82. The van der Waals surface area contributed by atoms with Gasteiger partial charge in [0.2, 0.25) is 11.8 Å². The van der Waals surface area contributed by atoms with E-state index in [9.17, 15) is 9.59 Å². The smallest absolute Gasteiger partial charge is 0.274 e. The molecule has 1 fully saturated rings. The van der Waals surface area contributed by atoms with Gasteiger partial charge in [0.1, 0.15) is 10.9 Å². The van der Waals surface area contributed by atoms with Gasteiger partial charge in [0.05, 0.1) is 12.2 Å². The number of hydrogen-bond acceptors (Lipinski definition) is 3. The molecule has 2 aromatic carbocycles. The van der Waals surface area contributed by atoms with E-state index in [1.54, 1.807) is 24.3 Å². The molecule has 134 valence electrons. The number of anilines is 2. The maximum atomic E-state index is 12.8. The number of hydrogen-bond donors (Lipinski definition) is 2. The maximum absolute atomic E-state index is 12.8. The molecule has 0 aromatic heterocycles. The van der Waals surface area contributed by atoms with E-state index >= 15 is 0 Å². The minimum absolute atomic E-state index is 0.176. The summed E-state index contributed by atoms with van der Waals surface area (Å²) in [5.41, 5.74) is 1.47. The Morgan fingerprint density at radius 2 is 1.88 bits per heavy atom. The molecule has 1 heterocycles. The van der Waals surface area contributed by atoms with E-state index < -0.39 is 5.25 Å². The molecule has 1 atom stereocenters. The second-order valence-electron chi connectivity index (χ2n) is 5.70. The van der Waals surface area contributed by atoms with Crippen LogP contribution in [0, 0.1) is 0 Å². The lowest BCUT2D eigenvalue weighted by molar-refractivity contribution is -0.449. The average molecular weight is 389 g/mol. The van der Waals surface area contributed by atoms with Crippen LogP contribution in [-0.4, -0.2) is 28.8 Å². The molecule has 2 aromatic rings. The number of nitrogens with zero attached hydrogens (tertiary/aromatic N) is 1. The number of imide groups is 1. The fourth-order valence-corrected chi connectivity index (χ4v) is 3.87. The Kier molecular flexibility index (Phi) is 5.96. The predicted molar refractivity (Wildman–Crippen MR) is 107 cm³/mol. The molecule has 2 amide bonds. The normalized spacial score (nSPS) is 17.7. The molecule has 26 heavy (non-hydrogen) atoms. The number of para-hydroxylation sites is 1. The zero-order chi connectivity index (χ0) is 18.5. The zero-order valence-corrected chi connectivity index (χ0v) is 15.8. The Balaban J connectivity index is 1.73. The van der Waals surface area contributed by atoms with E-state index in [2.05, 4.69) is 10.3 Å². The first-order chi connectivity index (χ1) is 12.6. The lowest BCUT2D eigenvalue weighted by Gasteiger charge is -2.14. The summed E-state index contributed by atoms with van der Waals surface area (Å²) in [5.74, 6) is -0.374. The first kappa shape index (κ1) is 18.5. The zero-order valence-electron chi connectivity index (χ0n) is 14.2. The first-order valence-corrected chi connectivity index (χ1v) is 9.56. The number of halogens is 1. The summed E-state index contributed by atoms with van der Waals surface area (Å²) in [7, 11) is 0. The van der Waals surface area contributed by atoms with Gasteiger partial charge in [0.25, 0.3) is 0 Å². The van der Waals surface area contributed by atoms with Crippen molar-refractivity contribution >= 4 is 51.7 Å². The number of amides is 2. The van der Waals surface area contributed by atoms with Gasteiger partial charge in [-0.2, -0.15) is 0 Å². The molecule has 0 spiro atoms. The minimum Gasteiger partial charge on any atom is -0.274 e. The highest BCUT2D eigenvalue weighted by Gasteiger charge is 2.41. The largest absolute Gasteiger partial charge is 0.309 e. The van der Waals surface area contributed by atoms with Crippen molar-refractivity contribution < 1.29 is 14.6 Å². The van der Waals surface area contributed by atoms with Crippen molar-refractivity contribution in [1.82, 2.24) is 0 Å². The summed E-state index contributed by atoms with van der Waals surface area (Å²) < 4.78 is 0. The molecule has 3 rings (SSSR count). The molecule has 1 saturated heterocycles. The number of nitrogens with one attached hydrogen (secondary N) is 2. The lowest BCUT2D eigenvalue weighted by atomic mass is 10.3. The monoisotopic (exact) mass is 388 g/mol. The predicted octanol–water partition coefficient (Wildman–Crippen LogP) is 2.27. The molecular weight excluding hydrogens is 370 g/mol. The quantitative estimate of drug-likeness (QED) is 0.479. The van der Waals surface area contributed by atoms with E-state index in [1.807, 2.05) is 37.3 Å². The van der Waals surface area contributed by atoms with Crippen molar-refractivity contribution in [2.75, 3.05) is 16.8 Å². The van der Waals surface area contributed by atoms with Crippen LogP contribution in [0.25, 0.3) is 0 Å². The molecule has 7 heteroatoms. The van der Waals surface area contributed by atoms with E-state index in [4.69, 9.17) is 11.6 Å². The summed E-state index contributed by atoms with van der Waals surface area (Å²) in [6, 6.07) is 16.3. The van der Waals surface area contributed by atoms with Crippen molar-refractivity contribution in [2.24, 2.45) is 0 Å². The molecule has 1 unspecified atom stereocenters. The molecule has 0 radical (unpaired) electrons. The number of carbonyl (C=O) groups is 2.